The van der Waals surface area contributed by atoms with Gasteiger partial charge in [0.05, 0.1) is 19.6 Å². The minimum atomic E-state index is -0.942. The molecule has 4 rings (SSSR count). The third kappa shape index (κ3) is 6.72. The van der Waals surface area contributed by atoms with E-state index < -0.39 is 29.3 Å². The van der Waals surface area contributed by atoms with Gasteiger partial charge in [0.25, 0.3) is 0 Å². The third-order valence-corrected chi connectivity index (χ3v) is 8.77. The van der Waals surface area contributed by atoms with Gasteiger partial charge in [-0.3, -0.25) is 19.3 Å². The number of amides is 2. The van der Waals surface area contributed by atoms with Crippen LogP contribution < -0.4 is 14.2 Å². The maximum absolute atomic E-state index is 13.6. The molecule has 0 aliphatic carbocycles. The van der Waals surface area contributed by atoms with Crippen LogP contribution >= 0.6 is 0 Å². The van der Waals surface area contributed by atoms with E-state index in [0.717, 1.165) is 24.8 Å². The van der Waals surface area contributed by atoms with Crippen molar-refractivity contribution in [2.45, 2.75) is 64.8 Å². The normalized spacial score (nSPS) is 23.3. The maximum atomic E-state index is 13.6. The van der Waals surface area contributed by atoms with E-state index in [2.05, 4.69) is 6.92 Å². The SMILES string of the molecule is CCCCN(CCCO)C(=O)CN1C[C@H](c2cc(OC)c3c(c2)OCO3)[C@@H](C(=O)O)[C@@H]1CCN1CCC(C)(C)C1=O. The molecule has 0 aromatic heterocycles. The summed E-state index contributed by atoms with van der Waals surface area (Å²) in [7, 11) is 1.53. The Morgan fingerprint density at radius 1 is 1.20 bits per heavy atom. The van der Waals surface area contributed by atoms with Gasteiger partial charge in [0.2, 0.25) is 24.4 Å². The topological polar surface area (TPSA) is 129 Å². The number of aliphatic carboxylic acids is 1. The van der Waals surface area contributed by atoms with Crippen LogP contribution in [0.2, 0.25) is 0 Å². The first-order valence-electron chi connectivity index (χ1n) is 14.7. The monoisotopic (exact) mass is 575 g/mol. The number of methoxy groups -OCH3 is 1. The van der Waals surface area contributed by atoms with Gasteiger partial charge in [-0.25, -0.2) is 0 Å². The quantitative estimate of drug-likeness (QED) is 0.344. The molecule has 11 nitrogen and oxygen atoms in total. The Hall–Kier alpha value is -3.05. The van der Waals surface area contributed by atoms with E-state index >= 15 is 0 Å². The lowest BCUT2D eigenvalue weighted by molar-refractivity contribution is -0.144. The molecule has 1 aromatic rings. The van der Waals surface area contributed by atoms with E-state index in [1.807, 2.05) is 29.7 Å². The third-order valence-electron chi connectivity index (χ3n) is 8.77. The number of carboxylic acid groups (broad SMARTS) is 1. The first-order chi connectivity index (χ1) is 19.6. The highest BCUT2D eigenvalue weighted by Crippen LogP contribution is 2.47. The largest absolute Gasteiger partial charge is 0.493 e. The molecule has 0 spiro atoms. The van der Waals surface area contributed by atoms with Gasteiger partial charge in [-0.15, -0.1) is 0 Å². The van der Waals surface area contributed by atoms with Gasteiger partial charge in [0.15, 0.2) is 11.5 Å². The summed E-state index contributed by atoms with van der Waals surface area (Å²) in [6, 6.07) is 3.16. The average Bonchev–Trinajstić information content (AvgIpc) is 3.63. The molecule has 0 bridgehead atoms. The molecule has 1 aromatic carbocycles. The van der Waals surface area contributed by atoms with E-state index in [1.165, 1.54) is 7.11 Å². The summed E-state index contributed by atoms with van der Waals surface area (Å²) in [5, 5.41) is 19.9. The van der Waals surface area contributed by atoms with Crippen LogP contribution in [0.3, 0.4) is 0 Å². The lowest BCUT2D eigenvalue weighted by Gasteiger charge is -2.31. The molecule has 3 heterocycles. The lowest BCUT2D eigenvalue weighted by atomic mass is 9.84. The number of fused-ring (bicyclic) bond motifs is 1. The Bertz CT molecular complexity index is 1100. The average molecular weight is 576 g/mol. The van der Waals surface area contributed by atoms with Crippen LogP contribution in [-0.4, -0.2) is 109 Å². The second-order valence-corrected chi connectivity index (χ2v) is 12.0. The second-order valence-electron chi connectivity index (χ2n) is 12.0. The van der Waals surface area contributed by atoms with Crippen LogP contribution in [0, 0.1) is 11.3 Å². The Morgan fingerprint density at radius 2 is 1.95 bits per heavy atom. The zero-order valence-electron chi connectivity index (χ0n) is 24.8. The molecule has 2 fully saturated rings. The van der Waals surface area contributed by atoms with Crippen molar-refractivity contribution in [1.29, 1.82) is 0 Å². The van der Waals surface area contributed by atoms with Crippen molar-refractivity contribution in [2.24, 2.45) is 11.3 Å². The number of hydrogen-bond donors (Lipinski definition) is 2. The predicted octanol–water partition coefficient (Wildman–Crippen LogP) is 2.55. The Morgan fingerprint density at radius 3 is 2.59 bits per heavy atom. The highest BCUT2D eigenvalue weighted by molar-refractivity contribution is 5.84. The fourth-order valence-corrected chi connectivity index (χ4v) is 6.35. The molecular weight excluding hydrogens is 530 g/mol. The van der Waals surface area contributed by atoms with Gasteiger partial charge >= 0.3 is 5.97 Å². The Labute approximate surface area is 242 Å². The molecule has 0 saturated carbocycles. The van der Waals surface area contributed by atoms with Crippen molar-refractivity contribution in [2.75, 3.05) is 59.8 Å². The minimum absolute atomic E-state index is 0.00242. The molecule has 11 heteroatoms. The van der Waals surface area contributed by atoms with E-state index in [1.54, 1.807) is 11.0 Å². The maximum Gasteiger partial charge on any atom is 0.308 e. The molecule has 3 aliphatic heterocycles. The summed E-state index contributed by atoms with van der Waals surface area (Å²) in [5.74, 6) is -0.696. The van der Waals surface area contributed by atoms with Crippen molar-refractivity contribution in [3.05, 3.63) is 17.7 Å². The molecule has 3 aliphatic rings. The number of hydrogen-bond acceptors (Lipinski definition) is 8. The molecular formula is C30H45N3O8. The van der Waals surface area contributed by atoms with Gasteiger partial charge in [-0.2, -0.15) is 0 Å². The standard InChI is InChI=1S/C30H45N3O8/c1-5-6-10-31(11-7-14-34)25(35)18-33-17-21(20-15-23(39-4)27-24(16-20)40-19-41-27)26(28(36)37)22(33)8-12-32-13-9-30(2,3)29(32)38/h15-16,21-22,26,34H,5-14,17-19H2,1-4H3,(H,36,37)/t21-,22+,26-/m1/s1. The molecule has 2 N–H and O–H groups in total. The van der Waals surface area contributed by atoms with Crippen LogP contribution in [0.1, 0.15) is 64.4 Å². The highest BCUT2D eigenvalue weighted by Gasteiger charge is 2.48. The van der Waals surface area contributed by atoms with Gasteiger partial charge in [-0.05, 0) is 43.4 Å². The smallest absolute Gasteiger partial charge is 0.308 e. The van der Waals surface area contributed by atoms with Gasteiger partial charge in [0.1, 0.15) is 0 Å². The number of carboxylic acids is 1. The molecule has 2 saturated heterocycles. The fourth-order valence-electron chi connectivity index (χ4n) is 6.35. The number of aliphatic hydroxyl groups excluding tert-OH is 1. The Balaban J connectivity index is 1.63. The number of rotatable bonds is 14. The van der Waals surface area contributed by atoms with Crippen LogP contribution in [0.4, 0.5) is 0 Å². The first-order valence-corrected chi connectivity index (χ1v) is 14.7. The fraction of sp³-hybridized carbons (Fsp3) is 0.700. The number of aliphatic hydroxyl groups is 1. The Kier molecular flexibility index (Phi) is 10.0. The van der Waals surface area contributed by atoms with E-state index in [-0.39, 0.29) is 31.8 Å². The van der Waals surface area contributed by atoms with Gasteiger partial charge in [0, 0.05) is 56.7 Å². The second kappa shape index (κ2) is 13.3. The number of carbonyl (C=O) groups excluding carboxylic acids is 2. The summed E-state index contributed by atoms with van der Waals surface area (Å²) in [4.78, 5) is 45.0. The predicted molar refractivity (Wildman–Crippen MR) is 151 cm³/mol. The van der Waals surface area contributed by atoms with Crippen LogP contribution in [0.5, 0.6) is 17.2 Å². The summed E-state index contributed by atoms with van der Waals surface area (Å²) < 4.78 is 16.7. The van der Waals surface area contributed by atoms with Crippen molar-refractivity contribution in [1.82, 2.24) is 14.7 Å². The van der Waals surface area contributed by atoms with E-state index in [9.17, 15) is 24.6 Å². The molecule has 0 radical (unpaired) electrons. The summed E-state index contributed by atoms with van der Waals surface area (Å²) >= 11 is 0. The van der Waals surface area contributed by atoms with Crippen LogP contribution in [0.25, 0.3) is 0 Å². The first kappa shape index (κ1) is 30.9. The molecule has 2 amide bonds. The van der Waals surface area contributed by atoms with E-state index in [4.69, 9.17) is 14.2 Å². The molecule has 228 valence electrons. The van der Waals surface area contributed by atoms with Crippen molar-refractivity contribution < 1.29 is 38.8 Å². The minimum Gasteiger partial charge on any atom is -0.493 e. The number of carbonyl (C=O) groups is 3. The summed E-state index contributed by atoms with van der Waals surface area (Å²) in [5.41, 5.74) is 0.329. The zero-order chi connectivity index (χ0) is 29.7. The highest BCUT2D eigenvalue weighted by atomic mass is 16.7. The molecule has 3 atom stereocenters. The molecule has 0 unspecified atom stereocenters. The van der Waals surface area contributed by atoms with Crippen LogP contribution in [0.15, 0.2) is 12.1 Å². The number of benzene rings is 1. The van der Waals surface area contributed by atoms with Crippen molar-refractivity contribution in [3.63, 3.8) is 0 Å². The number of ether oxygens (including phenoxy) is 3. The summed E-state index contributed by atoms with van der Waals surface area (Å²) in [6.45, 7) is 8.56. The number of unbranched alkanes of at least 4 members (excludes halogenated alkanes) is 1. The van der Waals surface area contributed by atoms with Crippen molar-refractivity contribution in [3.8, 4) is 17.2 Å². The van der Waals surface area contributed by atoms with E-state index in [0.29, 0.717) is 62.8 Å². The lowest BCUT2D eigenvalue weighted by Crippen LogP contribution is -2.46. The molecule has 41 heavy (non-hydrogen) atoms. The van der Waals surface area contributed by atoms with Crippen LogP contribution in [-0.2, 0) is 14.4 Å². The number of likely N-dealkylation sites (tertiary alicyclic amines) is 2. The number of nitrogens with zero attached hydrogens (tertiary/aromatic N) is 3. The van der Waals surface area contributed by atoms with Gasteiger partial charge < -0.3 is 34.2 Å². The summed E-state index contributed by atoms with van der Waals surface area (Å²) in [6.07, 6.45) is 3.48. The zero-order valence-corrected chi connectivity index (χ0v) is 24.8. The van der Waals surface area contributed by atoms with Gasteiger partial charge in [-0.1, -0.05) is 27.2 Å². The van der Waals surface area contributed by atoms with Crippen molar-refractivity contribution >= 4 is 17.8 Å².